The Bertz CT molecular complexity index is 190. The van der Waals surface area contributed by atoms with E-state index in [1.54, 1.807) is 6.08 Å². The Morgan fingerprint density at radius 1 is 1.54 bits per heavy atom. The van der Waals surface area contributed by atoms with Crippen LogP contribution in [0.3, 0.4) is 0 Å². The van der Waals surface area contributed by atoms with Gasteiger partial charge in [-0.15, -0.1) is 0 Å². The van der Waals surface area contributed by atoms with Crippen LogP contribution in [0.1, 0.15) is 19.3 Å². The van der Waals surface area contributed by atoms with E-state index in [9.17, 15) is 4.79 Å². The maximum atomic E-state index is 11.1. The van der Waals surface area contributed by atoms with Crippen molar-refractivity contribution in [2.45, 2.75) is 25.3 Å². The van der Waals surface area contributed by atoms with Crippen LogP contribution in [0.25, 0.3) is 0 Å². The van der Waals surface area contributed by atoms with Crippen LogP contribution >= 0.6 is 11.6 Å². The molecule has 0 atom stereocenters. The van der Waals surface area contributed by atoms with Gasteiger partial charge in [-0.3, -0.25) is 4.79 Å². The fraction of sp³-hybridized carbons (Fsp3) is 0.667. The molecule has 0 bridgehead atoms. The molecule has 1 amide bonds. The summed E-state index contributed by atoms with van der Waals surface area (Å²) in [4.78, 5) is 11.1. The number of halogens is 1. The summed E-state index contributed by atoms with van der Waals surface area (Å²) in [7, 11) is 0. The summed E-state index contributed by atoms with van der Waals surface area (Å²) in [6.45, 7) is 1.43. The van der Waals surface area contributed by atoms with E-state index in [0.717, 1.165) is 19.4 Å². The molecule has 1 fully saturated rings. The number of hydrogen-bond acceptors (Lipinski definition) is 2. The van der Waals surface area contributed by atoms with Crippen molar-refractivity contribution < 1.29 is 4.79 Å². The van der Waals surface area contributed by atoms with Crippen LogP contribution in [0.5, 0.6) is 0 Å². The molecule has 13 heavy (non-hydrogen) atoms. The number of amides is 1. The van der Waals surface area contributed by atoms with Crippen LogP contribution in [0, 0.1) is 0 Å². The molecule has 4 heteroatoms. The summed E-state index contributed by atoms with van der Waals surface area (Å²) in [5.74, 6) is 0.143. The minimum absolute atomic E-state index is 0.143. The highest BCUT2D eigenvalue weighted by Crippen LogP contribution is 2.18. The van der Waals surface area contributed by atoms with Gasteiger partial charge in [-0.05, 0) is 12.8 Å². The van der Waals surface area contributed by atoms with E-state index in [1.807, 2.05) is 0 Å². The lowest BCUT2D eigenvalue weighted by atomic mass is 10.4. The number of hydrogen-bond donors (Lipinski definition) is 2. The second-order valence-corrected chi connectivity index (χ2v) is 3.41. The molecule has 1 saturated carbocycles. The number of carbonyl (C=O) groups is 1. The summed E-state index contributed by atoms with van der Waals surface area (Å²) < 4.78 is 0. The molecular formula is C9H15ClN2O. The van der Waals surface area contributed by atoms with Crippen LogP contribution in [-0.2, 0) is 4.79 Å². The minimum Gasteiger partial charge on any atom is -0.353 e. The van der Waals surface area contributed by atoms with Crippen molar-refractivity contribution in [1.82, 2.24) is 10.6 Å². The molecule has 0 saturated heterocycles. The smallest absolute Gasteiger partial charge is 0.221 e. The van der Waals surface area contributed by atoms with Gasteiger partial charge in [-0.1, -0.05) is 17.7 Å². The SMILES string of the molecule is O=C(CCNC/C=C/Cl)NC1CC1. The molecule has 1 aliphatic rings. The Morgan fingerprint density at radius 3 is 2.92 bits per heavy atom. The Hall–Kier alpha value is -0.540. The molecule has 0 aliphatic heterocycles. The van der Waals surface area contributed by atoms with Crippen LogP contribution < -0.4 is 10.6 Å². The third-order valence-corrected chi connectivity index (χ3v) is 2.00. The second kappa shape index (κ2) is 6.00. The monoisotopic (exact) mass is 202 g/mol. The van der Waals surface area contributed by atoms with E-state index in [4.69, 9.17) is 11.6 Å². The standard InChI is InChI=1S/C9H15ClN2O/c10-5-1-6-11-7-4-9(13)12-8-2-3-8/h1,5,8,11H,2-4,6-7H2,(H,12,13)/b5-1+. The van der Waals surface area contributed by atoms with E-state index >= 15 is 0 Å². The van der Waals surface area contributed by atoms with Crippen LogP contribution in [0.15, 0.2) is 11.6 Å². The summed E-state index contributed by atoms with van der Waals surface area (Å²) in [6.07, 6.45) is 4.65. The van der Waals surface area contributed by atoms with Crippen LogP contribution in [0.2, 0.25) is 0 Å². The zero-order chi connectivity index (χ0) is 9.52. The zero-order valence-corrected chi connectivity index (χ0v) is 8.31. The lowest BCUT2D eigenvalue weighted by molar-refractivity contribution is -0.121. The fourth-order valence-electron chi connectivity index (χ4n) is 0.959. The molecule has 0 heterocycles. The largest absolute Gasteiger partial charge is 0.353 e. The van der Waals surface area contributed by atoms with Gasteiger partial charge < -0.3 is 10.6 Å². The highest BCUT2D eigenvalue weighted by molar-refractivity contribution is 6.25. The first-order valence-electron chi connectivity index (χ1n) is 4.58. The lowest BCUT2D eigenvalue weighted by Crippen LogP contribution is -2.29. The normalized spacial score (nSPS) is 16.4. The average Bonchev–Trinajstić information content (AvgIpc) is 2.88. The topological polar surface area (TPSA) is 41.1 Å². The summed E-state index contributed by atoms with van der Waals surface area (Å²) in [5.41, 5.74) is 1.47. The first kappa shape index (κ1) is 10.5. The highest BCUT2D eigenvalue weighted by atomic mass is 35.5. The number of nitrogens with one attached hydrogen (secondary N) is 2. The average molecular weight is 203 g/mol. The lowest BCUT2D eigenvalue weighted by Gasteiger charge is -2.02. The quantitative estimate of drug-likeness (QED) is 0.631. The van der Waals surface area contributed by atoms with E-state index in [1.165, 1.54) is 5.54 Å². The van der Waals surface area contributed by atoms with Crippen molar-refractivity contribution in [3.05, 3.63) is 11.6 Å². The predicted octanol–water partition coefficient (Wildman–Crippen LogP) is 0.997. The van der Waals surface area contributed by atoms with Crippen molar-refractivity contribution >= 4 is 17.5 Å². The molecule has 0 aromatic heterocycles. The van der Waals surface area contributed by atoms with Gasteiger partial charge in [-0.25, -0.2) is 0 Å². The van der Waals surface area contributed by atoms with Crippen molar-refractivity contribution in [1.29, 1.82) is 0 Å². The van der Waals surface area contributed by atoms with Gasteiger partial charge in [-0.2, -0.15) is 0 Å². The molecular weight excluding hydrogens is 188 g/mol. The first-order chi connectivity index (χ1) is 6.33. The van der Waals surface area contributed by atoms with E-state index in [-0.39, 0.29) is 5.91 Å². The molecule has 2 N–H and O–H groups in total. The molecule has 1 rings (SSSR count). The molecule has 0 spiro atoms. The Morgan fingerprint density at radius 2 is 2.31 bits per heavy atom. The molecule has 3 nitrogen and oxygen atoms in total. The third kappa shape index (κ3) is 5.66. The first-order valence-corrected chi connectivity index (χ1v) is 5.02. The highest BCUT2D eigenvalue weighted by Gasteiger charge is 2.22. The minimum atomic E-state index is 0.143. The van der Waals surface area contributed by atoms with Crippen molar-refractivity contribution in [2.75, 3.05) is 13.1 Å². The molecule has 0 aromatic rings. The molecule has 0 unspecified atom stereocenters. The van der Waals surface area contributed by atoms with Crippen molar-refractivity contribution in [2.24, 2.45) is 0 Å². The van der Waals surface area contributed by atoms with Gasteiger partial charge in [0, 0.05) is 31.1 Å². The Balaban J connectivity index is 1.88. The van der Waals surface area contributed by atoms with E-state index in [0.29, 0.717) is 19.0 Å². The Kier molecular flexibility index (Phi) is 4.86. The summed E-state index contributed by atoms with van der Waals surface area (Å²) >= 11 is 5.32. The number of carbonyl (C=O) groups excluding carboxylic acids is 1. The molecule has 0 aromatic carbocycles. The van der Waals surface area contributed by atoms with Crippen LogP contribution in [-0.4, -0.2) is 25.0 Å². The van der Waals surface area contributed by atoms with Crippen molar-refractivity contribution in [3.8, 4) is 0 Å². The molecule has 1 aliphatic carbocycles. The maximum Gasteiger partial charge on any atom is 0.221 e. The number of rotatable bonds is 6. The zero-order valence-electron chi connectivity index (χ0n) is 7.55. The maximum absolute atomic E-state index is 11.1. The predicted molar refractivity (Wildman–Crippen MR) is 53.6 cm³/mol. The Labute approximate surface area is 83.5 Å². The molecule has 0 radical (unpaired) electrons. The second-order valence-electron chi connectivity index (χ2n) is 3.16. The van der Waals surface area contributed by atoms with Gasteiger partial charge in [0.2, 0.25) is 5.91 Å². The summed E-state index contributed by atoms with van der Waals surface area (Å²) in [6, 6.07) is 0.468. The van der Waals surface area contributed by atoms with E-state index < -0.39 is 0 Å². The van der Waals surface area contributed by atoms with Gasteiger partial charge in [0.05, 0.1) is 0 Å². The summed E-state index contributed by atoms with van der Waals surface area (Å²) in [5, 5.41) is 6.00. The van der Waals surface area contributed by atoms with Gasteiger partial charge in [0.1, 0.15) is 0 Å². The van der Waals surface area contributed by atoms with Gasteiger partial charge in [0.25, 0.3) is 0 Å². The molecule has 74 valence electrons. The third-order valence-electron chi connectivity index (χ3n) is 1.82. The van der Waals surface area contributed by atoms with E-state index in [2.05, 4.69) is 10.6 Å². The fourth-order valence-corrected chi connectivity index (χ4v) is 1.05. The van der Waals surface area contributed by atoms with Crippen molar-refractivity contribution in [3.63, 3.8) is 0 Å². The van der Waals surface area contributed by atoms with Gasteiger partial charge in [0.15, 0.2) is 0 Å². The van der Waals surface area contributed by atoms with Crippen LogP contribution in [0.4, 0.5) is 0 Å². The van der Waals surface area contributed by atoms with Gasteiger partial charge >= 0.3 is 0 Å².